The molecule has 0 saturated carbocycles. The third-order valence-corrected chi connectivity index (χ3v) is 2.90. The van der Waals surface area contributed by atoms with Gasteiger partial charge in [-0.2, -0.15) is 0 Å². The molecule has 2 heterocycles. The predicted octanol–water partition coefficient (Wildman–Crippen LogP) is 0.0336. The lowest BCUT2D eigenvalue weighted by Crippen LogP contribution is -2.43. The van der Waals surface area contributed by atoms with Crippen molar-refractivity contribution in [3.8, 4) is 0 Å². The van der Waals surface area contributed by atoms with Crippen molar-refractivity contribution in [2.45, 2.75) is 37.8 Å². The molecule has 2 N–H and O–H groups in total. The average molecular weight is 198 g/mol. The van der Waals surface area contributed by atoms with Gasteiger partial charge in [0.15, 0.2) is 0 Å². The molecular formula is C10H18N2O2. The lowest BCUT2D eigenvalue weighted by atomic mass is 10.2. The number of ether oxygens (including phenoxy) is 1. The number of nitrogens with one attached hydrogen (secondary N) is 2. The van der Waals surface area contributed by atoms with Gasteiger partial charge in [0.2, 0.25) is 5.91 Å². The molecule has 4 heteroatoms. The van der Waals surface area contributed by atoms with E-state index in [0.29, 0.717) is 6.54 Å². The molecule has 0 aliphatic carbocycles. The van der Waals surface area contributed by atoms with Gasteiger partial charge in [-0.15, -0.1) is 0 Å². The molecule has 2 rings (SSSR count). The van der Waals surface area contributed by atoms with Crippen molar-refractivity contribution in [3.05, 3.63) is 0 Å². The number of amides is 1. The van der Waals surface area contributed by atoms with Crippen LogP contribution in [0.5, 0.6) is 0 Å². The fraction of sp³-hybridized carbons (Fsp3) is 0.900. The summed E-state index contributed by atoms with van der Waals surface area (Å²) in [5, 5.41) is 6.12. The Balaban J connectivity index is 1.66. The van der Waals surface area contributed by atoms with Gasteiger partial charge in [0, 0.05) is 13.2 Å². The van der Waals surface area contributed by atoms with Gasteiger partial charge in [0.25, 0.3) is 0 Å². The summed E-state index contributed by atoms with van der Waals surface area (Å²) in [4.78, 5) is 11.6. The maximum absolute atomic E-state index is 11.6. The summed E-state index contributed by atoms with van der Waals surface area (Å²) in [5.74, 6) is 0.137. The standard InChI is InChI=1S/C10H18N2O2/c13-10(9-4-1-5-11-9)12-7-8-3-2-6-14-8/h8-9,11H,1-7H2,(H,12,13)/t8-,9-/m0/s1. The van der Waals surface area contributed by atoms with E-state index in [1.165, 1.54) is 0 Å². The highest BCUT2D eigenvalue weighted by molar-refractivity contribution is 5.81. The maximum atomic E-state index is 11.6. The highest BCUT2D eigenvalue weighted by Gasteiger charge is 2.23. The molecule has 0 aromatic rings. The van der Waals surface area contributed by atoms with E-state index in [1.807, 2.05) is 0 Å². The van der Waals surface area contributed by atoms with Crippen LogP contribution in [0.25, 0.3) is 0 Å². The minimum atomic E-state index is 0.0383. The lowest BCUT2D eigenvalue weighted by Gasteiger charge is -2.14. The topological polar surface area (TPSA) is 50.4 Å². The van der Waals surface area contributed by atoms with Crippen molar-refractivity contribution in [3.63, 3.8) is 0 Å². The molecule has 0 radical (unpaired) electrons. The summed E-state index contributed by atoms with van der Waals surface area (Å²) in [6.07, 6.45) is 4.54. The largest absolute Gasteiger partial charge is 0.376 e. The first-order valence-electron chi connectivity index (χ1n) is 5.49. The summed E-state index contributed by atoms with van der Waals surface area (Å²) in [6, 6.07) is 0.0383. The molecule has 0 aromatic carbocycles. The van der Waals surface area contributed by atoms with Gasteiger partial charge >= 0.3 is 0 Å². The van der Waals surface area contributed by atoms with Crippen LogP contribution in [0.15, 0.2) is 0 Å². The monoisotopic (exact) mass is 198 g/mol. The first kappa shape index (κ1) is 9.93. The molecule has 0 bridgehead atoms. The molecule has 0 spiro atoms. The molecule has 0 unspecified atom stereocenters. The van der Waals surface area contributed by atoms with Crippen molar-refractivity contribution in [1.29, 1.82) is 0 Å². The third kappa shape index (κ3) is 2.45. The van der Waals surface area contributed by atoms with Crippen LogP contribution in [0, 0.1) is 0 Å². The second-order valence-electron chi connectivity index (χ2n) is 4.03. The van der Waals surface area contributed by atoms with Crippen molar-refractivity contribution in [1.82, 2.24) is 10.6 Å². The minimum absolute atomic E-state index is 0.0383. The molecule has 1 amide bonds. The molecule has 2 aliphatic heterocycles. The first-order chi connectivity index (χ1) is 6.86. The van der Waals surface area contributed by atoms with Gasteiger partial charge in [-0.05, 0) is 32.2 Å². The number of carbonyl (C=O) groups excluding carboxylic acids is 1. The van der Waals surface area contributed by atoms with Crippen LogP contribution in [0.2, 0.25) is 0 Å². The SMILES string of the molecule is O=C(NC[C@@H]1CCCO1)[C@@H]1CCCN1. The zero-order valence-electron chi connectivity index (χ0n) is 8.42. The van der Waals surface area contributed by atoms with Crippen molar-refractivity contribution >= 4 is 5.91 Å². The highest BCUT2D eigenvalue weighted by Crippen LogP contribution is 2.11. The van der Waals surface area contributed by atoms with Gasteiger partial charge in [-0.3, -0.25) is 4.79 Å². The van der Waals surface area contributed by atoms with Crippen LogP contribution in [-0.2, 0) is 9.53 Å². The molecular weight excluding hydrogens is 180 g/mol. The van der Waals surface area contributed by atoms with Gasteiger partial charge in [0.05, 0.1) is 12.1 Å². The Bertz CT molecular complexity index is 196. The summed E-state index contributed by atoms with van der Waals surface area (Å²) in [5.41, 5.74) is 0. The average Bonchev–Trinajstić information content (AvgIpc) is 2.87. The summed E-state index contributed by atoms with van der Waals surface area (Å²) in [7, 11) is 0. The Morgan fingerprint density at radius 3 is 3.00 bits per heavy atom. The Morgan fingerprint density at radius 1 is 1.43 bits per heavy atom. The Kier molecular flexibility index (Phi) is 3.37. The lowest BCUT2D eigenvalue weighted by molar-refractivity contribution is -0.123. The van der Waals surface area contributed by atoms with Crippen LogP contribution in [0.3, 0.4) is 0 Å². The highest BCUT2D eigenvalue weighted by atomic mass is 16.5. The molecule has 2 fully saturated rings. The van der Waals surface area contributed by atoms with Crippen molar-refractivity contribution in [2.24, 2.45) is 0 Å². The first-order valence-corrected chi connectivity index (χ1v) is 5.49. The molecule has 2 atom stereocenters. The predicted molar refractivity (Wildman–Crippen MR) is 53.0 cm³/mol. The third-order valence-electron chi connectivity index (χ3n) is 2.90. The minimum Gasteiger partial charge on any atom is -0.376 e. The van der Waals surface area contributed by atoms with Gasteiger partial charge in [-0.1, -0.05) is 0 Å². The van der Waals surface area contributed by atoms with Crippen LogP contribution < -0.4 is 10.6 Å². The normalized spacial score (nSPS) is 32.0. The fourth-order valence-electron chi connectivity index (χ4n) is 2.05. The van der Waals surface area contributed by atoms with E-state index >= 15 is 0 Å². The van der Waals surface area contributed by atoms with E-state index < -0.39 is 0 Å². The second kappa shape index (κ2) is 4.75. The fourth-order valence-corrected chi connectivity index (χ4v) is 2.05. The molecule has 0 aromatic heterocycles. The zero-order valence-corrected chi connectivity index (χ0v) is 8.42. The van der Waals surface area contributed by atoms with E-state index in [0.717, 1.165) is 38.8 Å². The van der Waals surface area contributed by atoms with Crippen LogP contribution in [0.1, 0.15) is 25.7 Å². The van der Waals surface area contributed by atoms with Gasteiger partial charge < -0.3 is 15.4 Å². The maximum Gasteiger partial charge on any atom is 0.237 e. The number of rotatable bonds is 3. The molecule has 2 saturated heterocycles. The molecule has 4 nitrogen and oxygen atoms in total. The van der Waals surface area contributed by atoms with Gasteiger partial charge in [-0.25, -0.2) is 0 Å². The molecule has 14 heavy (non-hydrogen) atoms. The van der Waals surface area contributed by atoms with E-state index in [4.69, 9.17) is 4.74 Å². The smallest absolute Gasteiger partial charge is 0.237 e. The zero-order chi connectivity index (χ0) is 9.80. The van der Waals surface area contributed by atoms with E-state index in [1.54, 1.807) is 0 Å². The Labute approximate surface area is 84.4 Å². The van der Waals surface area contributed by atoms with Crippen LogP contribution in [-0.4, -0.2) is 37.7 Å². The van der Waals surface area contributed by atoms with E-state index in [-0.39, 0.29) is 18.1 Å². The molecule has 80 valence electrons. The van der Waals surface area contributed by atoms with Crippen molar-refractivity contribution < 1.29 is 9.53 Å². The van der Waals surface area contributed by atoms with Gasteiger partial charge in [0.1, 0.15) is 0 Å². The van der Waals surface area contributed by atoms with Crippen LogP contribution >= 0.6 is 0 Å². The van der Waals surface area contributed by atoms with Crippen molar-refractivity contribution in [2.75, 3.05) is 19.7 Å². The second-order valence-corrected chi connectivity index (χ2v) is 4.03. The number of hydrogen-bond donors (Lipinski definition) is 2. The Hall–Kier alpha value is -0.610. The summed E-state index contributed by atoms with van der Waals surface area (Å²) < 4.78 is 5.43. The number of carbonyl (C=O) groups is 1. The van der Waals surface area contributed by atoms with Crippen LogP contribution in [0.4, 0.5) is 0 Å². The molecule has 2 aliphatic rings. The number of hydrogen-bond acceptors (Lipinski definition) is 3. The summed E-state index contributed by atoms with van der Waals surface area (Å²) in [6.45, 7) is 2.50. The summed E-state index contributed by atoms with van der Waals surface area (Å²) >= 11 is 0. The van der Waals surface area contributed by atoms with E-state index in [2.05, 4.69) is 10.6 Å². The quantitative estimate of drug-likeness (QED) is 0.673. The Morgan fingerprint density at radius 2 is 2.36 bits per heavy atom. The van der Waals surface area contributed by atoms with E-state index in [9.17, 15) is 4.79 Å².